The first-order chi connectivity index (χ1) is 8.99. The Morgan fingerprint density at radius 3 is 2.47 bits per heavy atom. The van der Waals surface area contributed by atoms with E-state index in [2.05, 4.69) is 12.6 Å². The van der Waals surface area contributed by atoms with Gasteiger partial charge in [0.2, 0.25) is 0 Å². The zero-order valence-electron chi connectivity index (χ0n) is 10.7. The second-order valence-electron chi connectivity index (χ2n) is 4.26. The van der Waals surface area contributed by atoms with E-state index in [1.54, 1.807) is 0 Å². The molecule has 0 N–H and O–H groups in total. The molecule has 1 heterocycles. The number of hydrogen-bond donors (Lipinski definition) is 1. The second kappa shape index (κ2) is 7.13. The Labute approximate surface area is 115 Å². The predicted molar refractivity (Wildman–Crippen MR) is 74.9 cm³/mol. The zero-order chi connectivity index (χ0) is 14.4. The molecule has 8 heteroatoms. The summed E-state index contributed by atoms with van der Waals surface area (Å²) in [5.74, 6) is 0.804. The standard InChI is InChI=1S/C11H17N3O4S/c1-12-8-9(14(17)18)10(15)13(11(12)16)6-4-2-3-5-7-19/h8,19H,2-7H2,1H3. The van der Waals surface area contributed by atoms with Gasteiger partial charge in [0, 0.05) is 13.6 Å². The Morgan fingerprint density at radius 2 is 1.89 bits per heavy atom. The largest absolute Gasteiger partial charge is 0.350 e. The van der Waals surface area contributed by atoms with Gasteiger partial charge in [-0.1, -0.05) is 12.8 Å². The molecule has 0 fully saturated rings. The van der Waals surface area contributed by atoms with Crippen LogP contribution >= 0.6 is 12.6 Å². The van der Waals surface area contributed by atoms with Crippen molar-refractivity contribution in [3.05, 3.63) is 37.1 Å². The van der Waals surface area contributed by atoms with Crippen molar-refractivity contribution in [1.29, 1.82) is 0 Å². The number of unbranched alkanes of at least 4 members (excludes halogenated alkanes) is 3. The van der Waals surface area contributed by atoms with Crippen molar-refractivity contribution in [3.63, 3.8) is 0 Å². The van der Waals surface area contributed by atoms with Crippen molar-refractivity contribution in [2.75, 3.05) is 5.75 Å². The van der Waals surface area contributed by atoms with Gasteiger partial charge in [0.25, 0.3) is 0 Å². The molecule has 0 aromatic carbocycles. The maximum absolute atomic E-state index is 11.8. The van der Waals surface area contributed by atoms with E-state index in [4.69, 9.17) is 0 Å². The Hall–Kier alpha value is -1.57. The number of thiol groups is 1. The normalized spacial score (nSPS) is 10.6. The molecule has 1 rings (SSSR count). The van der Waals surface area contributed by atoms with Gasteiger partial charge >= 0.3 is 16.9 Å². The van der Waals surface area contributed by atoms with E-state index in [0.29, 0.717) is 6.42 Å². The van der Waals surface area contributed by atoms with Crippen LogP contribution in [-0.2, 0) is 13.6 Å². The highest BCUT2D eigenvalue weighted by molar-refractivity contribution is 7.80. The minimum Gasteiger partial charge on any atom is -0.297 e. The van der Waals surface area contributed by atoms with Crippen LogP contribution in [0.4, 0.5) is 5.69 Å². The fourth-order valence-electron chi connectivity index (χ4n) is 1.77. The highest BCUT2D eigenvalue weighted by Gasteiger charge is 2.18. The number of aromatic nitrogens is 2. The van der Waals surface area contributed by atoms with Crippen molar-refractivity contribution in [2.24, 2.45) is 7.05 Å². The number of nitro groups is 1. The van der Waals surface area contributed by atoms with Crippen LogP contribution in [0.15, 0.2) is 15.8 Å². The van der Waals surface area contributed by atoms with Crippen molar-refractivity contribution in [2.45, 2.75) is 32.2 Å². The topological polar surface area (TPSA) is 87.1 Å². The van der Waals surface area contributed by atoms with E-state index in [1.165, 1.54) is 7.05 Å². The molecule has 1 aromatic heterocycles. The average molecular weight is 287 g/mol. The Morgan fingerprint density at radius 1 is 1.26 bits per heavy atom. The summed E-state index contributed by atoms with van der Waals surface area (Å²) in [5, 5.41) is 10.7. The van der Waals surface area contributed by atoms with Crippen molar-refractivity contribution in [3.8, 4) is 0 Å². The highest BCUT2D eigenvalue weighted by Crippen LogP contribution is 2.03. The predicted octanol–water partition coefficient (Wildman–Crippen LogP) is 0.945. The van der Waals surface area contributed by atoms with Gasteiger partial charge in [0.15, 0.2) is 0 Å². The maximum Gasteiger partial charge on any atom is 0.350 e. The van der Waals surface area contributed by atoms with E-state index in [9.17, 15) is 19.7 Å². The third kappa shape index (κ3) is 3.95. The van der Waals surface area contributed by atoms with Crippen molar-refractivity contribution < 1.29 is 4.92 Å². The summed E-state index contributed by atoms with van der Waals surface area (Å²) in [6.45, 7) is 0.208. The highest BCUT2D eigenvalue weighted by atomic mass is 32.1. The molecule has 19 heavy (non-hydrogen) atoms. The molecule has 7 nitrogen and oxygen atoms in total. The van der Waals surface area contributed by atoms with Gasteiger partial charge in [-0.05, 0) is 18.6 Å². The molecule has 106 valence electrons. The van der Waals surface area contributed by atoms with Crippen LogP contribution in [0, 0.1) is 10.1 Å². The monoisotopic (exact) mass is 287 g/mol. The SMILES string of the molecule is Cn1cc([N+](=O)[O-])c(=O)n(CCCCCCS)c1=O. The Balaban J connectivity index is 2.91. The lowest BCUT2D eigenvalue weighted by Crippen LogP contribution is -2.39. The van der Waals surface area contributed by atoms with Crippen LogP contribution in [0.25, 0.3) is 0 Å². The number of rotatable bonds is 7. The molecule has 0 saturated heterocycles. The maximum atomic E-state index is 11.8. The van der Waals surface area contributed by atoms with Crippen LogP contribution in [0.2, 0.25) is 0 Å². The molecule has 0 radical (unpaired) electrons. The van der Waals surface area contributed by atoms with Crippen LogP contribution in [0.5, 0.6) is 0 Å². The molecule has 0 aliphatic carbocycles. The molecule has 0 amide bonds. The lowest BCUT2D eigenvalue weighted by Gasteiger charge is -2.06. The third-order valence-electron chi connectivity index (χ3n) is 2.80. The van der Waals surface area contributed by atoms with Crippen molar-refractivity contribution >= 4 is 18.3 Å². The molecular formula is C11H17N3O4S. The van der Waals surface area contributed by atoms with E-state index in [1.807, 2.05) is 0 Å². The molecule has 0 aliphatic rings. The summed E-state index contributed by atoms with van der Waals surface area (Å²) in [7, 11) is 1.40. The zero-order valence-corrected chi connectivity index (χ0v) is 11.6. The van der Waals surface area contributed by atoms with E-state index >= 15 is 0 Å². The second-order valence-corrected chi connectivity index (χ2v) is 4.71. The average Bonchev–Trinajstić information content (AvgIpc) is 2.36. The fraction of sp³-hybridized carbons (Fsp3) is 0.636. The Bertz CT molecular complexity index is 564. The summed E-state index contributed by atoms with van der Waals surface area (Å²) >= 11 is 4.09. The molecule has 0 atom stereocenters. The van der Waals surface area contributed by atoms with Crippen LogP contribution in [0.3, 0.4) is 0 Å². The summed E-state index contributed by atoms with van der Waals surface area (Å²) in [5.41, 5.74) is -1.93. The molecular weight excluding hydrogens is 270 g/mol. The first-order valence-electron chi connectivity index (χ1n) is 6.04. The van der Waals surface area contributed by atoms with Crippen LogP contribution in [-0.4, -0.2) is 19.8 Å². The summed E-state index contributed by atoms with van der Waals surface area (Å²) in [6.07, 6.45) is 4.41. The van der Waals surface area contributed by atoms with E-state index in [-0.39, 0.29) is 6.54 Å². The molecule has 0 unspecified atom stereocenters. The van der Waals surface area contributed by atoms with Gasteiger partial charge in [-0.3, -0.25) is 24.0 Å². The first-order valence-corrected chi connectivity index (χ1v) is 6.68. The molecule has 0 spiro atoms. The first kappa shape index (κ1) is 15.5. The minimum absolute atomic E-state index is 0.208. The molecule has 0 bridgehead atoms. The van der Waals surface area contributed by atoms with Gasteiger partial charge in [-0.2, -0.15) is 12.6 Å². The molecule has 0 aliphatic heterocycles. The van der Waals surface area contributed by atoms with Gasteiger partial charge < -0.3 is 0 Å². The summed E-state index contributed by atoms with van der Waals surface area (Å²) < 4.78 is 1.99. The van der Waals surface area contributed by atoms with E-state index < -0.39 is 21.9 Å². The summed E-state index contributed by atoms with van der Waals surface area (Å²) in [6, 6.07) is 0. The Kier molecular flexibility index (Phi) is 5.81. The quantitative estimate of drug-likeness (QED) is 0.350. The molecule has 1 aromatic rings. The lowest BCUT2D eigenvalue weighted by atomic mass is 10.2. The van der Waals surface area contributed by atoms with Crippen LogP contribution in [0.1, 0.15) is 25.7 Å². The smallest absolute Gasteiger partial charge is 0.297 e. The molecule has 0 saturated carbocycles. The van der Waals surface area contributed by atoms with Gasteiger partial charge in [0.05, 0.1) is 11.1 Å². The minimum atomic E-state index is -0.831. The summed E-state index contributed by atoms with van der Waals surface area (Å²) in [4.78, 5) is 33.5. The third-order valence-corrected chi connectivity index (χ3v) is 3.12. The van der Waals surface area contributed by atoms with E-state index in [0.717, 1.165) is 40.3 Å². The lowest BCUT2D eigenvalue weighted by molar-refractivity contribution is -0.387. The number of aryl methyl sites for hydroxylation is 1. The van der Waals surface area contributed by atoms with Gasteiger partial charge in [-0.15, -0.1) is 0 Å². The van der Waals surface area contributed by atoms with Gasteiger partial charge in [0.1, 0.15) is 0 Å². The number of hydrogen-bond acceptors (Lipinski definition) is 5. The number of nitrogens with zero attached hydrogens (tertiary/aromatic N) is 3. The van der Waals surface area contributed by atoms with Crippen molar-refractivity contribution in [1.82, 2.24) is 9.13 Å². The fourth-order valence-corrected chi connectivity index (χ4v) is 1.99. The van der Waals surface area contributed by atoms with Crippen LogP contribution < -0.4 is 11.2 Å². The van der Waals surface area contributed by atoms with Gasteiger partial charge in [-0.25, -0.2) is 4.79 Å².